The van der Waals surface area contributed by atoms with Crippen LogP contribution in [0.3, 0.4) is 0 Å². The molecule has 0 N–H and O–H groups in total. The van der Waals surface area contributed by atoms with Gasteiger partial charge in [-0.15, -0.1) is 0 Å². The summed E-state index contributed by atoms with van der Waals surface area (Å²) in [5.74, 6) is -0.825. The summed E-state index contributed by atoms with van der Waals surface area (Å²) >= 11 is 0. The maximum absolute atomic E-state index is 12.9. The van der Waals surface area contributed by atoms with Gasteiger partial charge in [-0.3, -0.25) is 9.59 Å². The maximum Gasteiger partial charge on any atom is 0.307 e. The molecule has 8 nitrogen and oxygen atoms in total. The summed E-state index contributed by atoms with van der Waals surface area (Å²) in [6.07, 6.45) is -0.116. The average Bonchev–Trinajstić information content (AvgIpc) is 2.66. The van der Waals surface area contributed by atoms with Crippen LogP contribution in [0.4, 0.5) is 0 Å². The SMILES string of the molecule is Cc1ccc(C)c(S(=O)(=O)N2CCN(C(=O)CCC(=O)OCC#N)CC2)c1. The Bertz CT molecular complexity index is 852. The third-order valence-corrected chi connectivity index (χ3v) is 6.43. The van der Waals surface area contributed by atoms with Crippen molar-refractivity contribution in [1.82, 2.24) is 9.21 Å². The largest absolute Gasteiger partial charge is 0.450 e. The minimum absolute atomic E-state index is 0.0198. The van der Waals surface area contributed by atoms with Crippen molar-refractivity contribution in [2.45, 2.75) is 31.6 Å². The number of ether oxygens (including phenoxy) is 1. The van der Waals surface area contributed by atoms with E-state index in [4.69, 9.17) is 5.26 Å². The highest BCUT2D eigenvalue weighted by Gasteiger charge is 2.31. The zero-order chi connectivity index (χ0) is 20.0. The molecule has 9 heteroatoms. The van der Waals surface area contributed by atoms with Gasteiger partial charge in [0.2, 0.25) is 15.9 Å². The van der Waals surface area contributed by atoms with Crippen molar-refractivity contribution in [3.05, 3.63) is 29.3 Å². The standard InChI is InChI=1S/C18H23N3O5S/c1-14-3-4-15(2)16(13-14)27(24,25)21-10-8-20(9-11-21)17(22)5-6-18(23)26-12-7-19/h3-4,13H,5-6,8-12H2,1-2H3. The second kappa shape index (κ2) is 8.97. The molecule has 1 aliphatic heterocycles. The smallest absolute Gasteiger partial charge is 0.307 e. The number of piperazine rings is 1. The highest BCUT2D eigenvalue weighted by atomic mass is 32.2. The fourth-order valence-electron chi connectivity index (χ4n) is 2.85. The lowest BCUT2D eigenvalue weighted by Gasteiger charge is -2.34. The number of nitrogens with zero attached hydrogens (tertiary/aromatic N) is 3. The molecule has 0 spiro atoms. The summed E-state index contributed by atoms with van der Waals surface area (Å²) in [4.78, 5) is 25.4. The molecule has 1 fully saturated rings. The van der Waals surface area contributed by atoms with Gasteiger partial charge in [-0.2, -0.15) is 9.57 Å². The predicted octanol–water partition coefficient (Wildman–Crippen LogP) is 0.983. The Morgan fingerprint density at radius 1 is 1.15 bits per heavy atom. The van der Waals surface area contributed by atoms with Crippen LogP contribution in [-0.2, 0) is 24.3 Å². The fraction of sp³-hybridized carbons (Fsp3) is 0.500. The number of nitriles is 1. The topological polar surface area (TPSA) is 108 Å². The number of carbonyl (C=O) groups is 2. The van der Waals surface area contributed by atoms with Gasteiger partial charge in [0.25, 0.3) is 0 Å². The van der Waals surface area contributed by atoms with Crippen molar-refractivity contribution in [1.29, 1.82) is 5.26 Å². The van der Waals surface area contributed by atoms with Crippen LogP contribution >= 0.6 is 0 Å². The molecule has 146 valence electrons. The third kappa shape index (κ3) is 5.28. The Labute approximate surface area is 159 Å². The molecular formula is C18H23N3O5S. The van der Waals surface area contributed by atoms with Crippen molar-refractivity contribution in [2.75, 3.05) is 32.8 Å². The molecule has 0 bridgehead atoms. The molecular weight excluding hydrogens is 370 g/mol. The lowest BCUT2D eigenvalue weighted by molar-refractivity contribution is -0.145. The Hall–Kier alpha value is -2.44. The van der Waals surface area contributed by atoms with Gasteiger partial charge in [0.05, 0.1) is 11.3 Å². The van der Waals surface area contributed by atoms with Crippen LogP contribution in [0.5, 0.6) is 0 Å². The summed E-state index contributed by atoms with van der Waals surface area (Å²) in [6, 6.07) is 7.00. The van der Waals surface area contributed by atoms with Crippen LogP contribution in [-0.4, -0.2) is 62.3 Å². The van der Waals surface area contributed by atoms with Crippen LogP contribution < -0.4 is 0 Å². The van der Waals surface area contributed by atoms with Crippen LogP contribution in [0.15, 0.2) is 23.1 Å². The fourth-order valence-corrected chi connectivity index (χ4v) is 4.59. The molecule has 1 aliphatic rings. The van der Waals surface area contributed by atoms with E-state index in [0.717, 1.165) is 5.56 Å². The minimum atomic E-state index is -3.61. The summed E-state index contributed by atoms with van der Waals surface area (Å²) < 4.78 is 31.8. The first kappa shape index (κ1) is 20.9. The molecule has 1 saturated heterocycles. The van der Waals surface area contributed by atoms with E-state index in [1.54, 1.807) is 30.0 Å². The highest BCUT2D eigenvalue weighted by molar-refractivity contribution is 7.89. The lowest BCUT2D eigenvalue weighted by atomic mass is 10.2. The Morgan fingerprint density at radius 3 is 2.44 bits per heavy atom. The van der Waals surface area contributed by atoms with E-state index in [-0.39, 0.29) is 51.5 Å². The van der Waals surface area contributed by atoms with E-state index >= 15 is 0 Å². The van der Waals surface area contributed by atoms with Gasteiger partial charge in [-0.25, -0.2) is 8.42 Å². The molecule has 0 saturated carbocycles. The number of esters is 1. The van der Waals surface area contributed by atoms with Crippen molar-refractivity contribution < 1.29 is 22.7 Å². The van der Waals surface area contributed by atoms with Gasteiger partial charge in [0.15, 0.2) is 6.61 Å². The van der Waals surface area contributed by atoms with Gasteiger partial charge in [-0.1, -0.05) is 12.1 Å². The van der Waals surface area contributed by atoms with E-state index in [9.17, 15) is 18.0 Å². The zero-order valence-corrected chi connectivity index (χ0v) is 16.3. The molecule has 1 aromatic carbocycles. The first-order chi connectivity index (χ1) is 12.8. The van der Waals surface area contributed by atoms with E-state index in [1.807, 2.05) is 13.0 Å². The zero-order valence-electron chi connectivity index (χ0n) is 15.5. The minimum Gasteiger partial charge on any atom is -0.450 e. The Morgan fingerprint density at radius 2 is 1.81 bits per heavy atom. The second-order valence-electron chi connectivity index (χ2n) is 6.37. The lowest BCUT2D eigenvalue weighted by Crippen LogP contribution is -2.50. The Balaban J connectivity index is 1.93. The molecule has 27 heavy (non-hydrogen) atoms. The van der Waals surface area contributed by atoms with Gasteiger partial charge >= 0.3 is 5.97 Å². The molecule has 2 rings (SSSR count). The number of benzene rings is 1. The van der Waals surface area contributed by atoms with E-state index < -0.39 is 16.0 Å². The van der Waals surface area contributed by atoms with Crippen molar-refractivity contribution in [3.8, 4) is 6.07 Å². The van der Waals surface area contributed by atoms with Crippen LogP contribution in [0.25, 0.3) is 0 Å². The van der Waals surface area contributed by atoms with Gasteiger partial charge < -0.3 is 9.64 Å². The number of hydrogen-bond acceptors (Lipinski definition) is 6. The molecule has 1 amide bonds. The molecule has 0 aromatic heterocycles. The van der Waals surface area contributed by atoms with Gasteiger partial charge in [-0.05, 0) is 31.0 Å². The predicted molar refractivity (Wildman–Crippen MR) is 97.1 cm³/mol. The summed E-state index contributed by atoms with van der Waals surface area (Å²) in [5.41, 5.74) is 1.56. The molecule has 1 aromatic rings. The molecule has 0 radical (unpaired) electrons. The van der Waals surface area contributed by atoms with Crippen molar-refractivity contribution >= 4 is 21.9 Å². The van der Waals surface area contributed by atoms with Gasteiger partial charge in [0, 0.05) is 32.6 Å². The molecule has 1 heterocycles. The monoisotopic (exact) mass is 393 g/mol. The quantitative estimate of drug-likeness (QED) is 0.667. The molecule has 0 atom stereocenters. The molecule has 0 unspecified atom stereocenters. The van der Waals surface area contributed by atoms with E-state index in [1.165, 1.54) is 4.31 Å². The number of carbonyl (C=O) groups excluding carboxylic acids is 2. The number of sulfonamides is 1. The van der Waals surface area contributed by atoms with Crippen LogP contribution in [0.1, 0.15) is 24.0 Å². The number of rotatable bonds is 6. The second-order valence-corrected chi connectivity index (χ2v) is 8.28. The summed E-state index contributed by atoms with van der Waals surface area (Å²) in [7, 11) is -3.61. The first-order valence-corrected chi connectivity index (χ1v) is 10.1. The number of amides is 1. The average molecular weight is 393 g/mol. The Kier molecular flexibility index (Phi) is 6.93. The third-order valence-electron chi connectivity index (χ3n) is 4.39. The highest BCUT2D eigenvalue weighted by Crippen LogP contribution is 2.22. The maximum atomic E-state index is 12.9. The van der Waals surface area contributed by atoms with E-state index in [2.05, 4.69) is 4.74 Å². The summed E-state index contributed by atoms with van der Waals surface area (Å²) in [6.45, 7) is 4.24. The van der Waals surface area contributed by atoms with Crippen LogP contribution in [0, 0.1) is 25.2 Å². The van der Waals surface area contributed by atoms with E-state index in [0.29, 0.717) is 10.5 Å². The first-order valence-electron chi connectivity index (χ1n) is 8.63. The molecule has 0 aliphatic carbocycles. The normalized spacial score (nSPS) is 15.2. The van der Waals surface area contributed by atoms with Crippen LogP contribution in [0.2, 0.25) is 0 Å². The van der Waals surface area contributed by atoms with Gasteiger partial charge in [0.1, 0.15) is 6.07 Å². The summed E-state index contributed by atoms with van der Waals surface area (Å²) in [5, 5.41) is 8.35. The number of hydrogen-bond donors (Lipinski definition) is 0. The van der Waals surface area contributed by atoms with Crippen molar-refractivity contribution in [2.24, 2.45) is 0 Å². The number of aryl methyl sites for hydroxylation is 2. The van der Waals surface area contributed by atoms with Crippen molar-refractivity contribution in [3.63, 3.8) is 0 Å².